The van der Waals surface area contributed by atoms with Crippen LogP contribution in [0.4, 0.5) is 5.82 Å². The Morgan fingerprint density at radius 1 is 1.69 bits per heavy atom. The summed E-state index contributed by atoms with van der Waals surface area (Å²) >= 11 is 1.92. The minimum absolute atomic E-state index is 0.185. The van der Waals surface area contributed by atoms with E-state index in [0.29, 0.717) is 15.9 Å². The van der Waals surface area contributed by atoms with E-state index in [4.69, 9.17) is 0 Å². The molecule has 0 fully saturated rings. The van der Waals surface area contributed by atoms with Gasteiger partial charge in [-0.05, 0) is 22.6 Å². The summed E-state index contributed by atoms with van der Waals surface area (Å²) in [5, 5.41) is 0. The standard InChI is InChI=1S/C9H12IN3O3/c1-13(4-3-6(14)16-2)8-7(10)9(15)12-5-11-8/h5H,3-4H2,1-2H3,(H,11,12,15). The number of carbonyl (C=O) groups excluding carboxylic acids is 1. The van der Waals surface area contributed by atoms with Gasteiger partial charge in [-0.3, -0.25) is 9.59 Å². The molecule has 0 unspecified atom stereocenters. The van der Waals surface area contributed by atoms with Crippen molar-refractivity contribution in [3.63, 3.8) is 0 Å². The molecular formula is C9H12IN3O3. The van der Waals surface area contributed by atoms with Crippen molar-refractivity contribution in [1.82, 2.24) is 9.97 Å². The fraction of sp³-hybridized carbons (Fsp3) is 0.444. The summed E-state index contributed by atoms with van der Waals surface area (Å²) in [6, 6.07) is 0. The van der Waals surface area contributed by atoms with Gasteiger partial charge in [-0.25, -0.2) is 4.98 Å². The van der Waals surface area contributed by atoms with E-state index < -0.39 is 0 Å². The molecule has 0 aliphatic carbocycles. The minimum atomic E-state index is -0.285. The van der Waals surface area contributed by atoms with Gasteiger partial charge in [0.2, 0.25) is 0 Å². The van der Waals surface area contributed by atoms with E-state index in [0.717, 1.165) is 0 Å². The molecule has 0 aliphatic heterocycles. The van der Waals surface area contributed by atoms with Crippen LogP contribution in [0.2, 0.25) is 0 Å². The van der Waals surface area contributed by atoms with Gasteiger partial charge in [0.15, 0.2) is 0 Å². The van der Waals surface area contributed by atoms with Crippen molar-refractivity contribution in [2.45, 2.75) is 6.42 Å². The molecule has 6 nitrogen and oxygen atoms in total. The first-order chi connectivity index (χ1) is 7.56. The number of H-pyrrole nitrogens is 1. The van der Waals surface area contributed by atoms with Crippen LogP contribution in [-0.2, 0) is 9.53 Å². The molecule has 0 atom stereocenters. The van der Waals surface area contributed by atoms with Crippen LogP contribution < -0.4 is 10.5 Å². The van der Waals surface area contributed by atoms with Gasteiger partial charge in [0.1, 0.15) is 9.39 Å². The van der Waals surface area contributed by atoms with Gasteiger partial charge >= 0.3 is 5.97 Å². The van der Waals surface area contributed by atoms with Crippen LogP contribution in [0.1, 0.15) is 6.42 Å². The molecule has 88 valence electrons. The first-order valence-electron chi connectivity index (χ1n) is 4.57. The number of carbonyl (C=O) groups is 1. The maximum absolute atomic E-state index is 11.3. The maximum Gasteiger partial charge on any atom is 0.307 e. The largest absolute Gasteiger partial charge is 0.469 e. The number of aromatic nitrogens is 2. The van der Waals surface area contributed by atoms with E-state index in [2.05, 4.69) is 14.7 Å². The summed E-state index contributed by atoms with van der Waals surface area (Å²) in [5.74, 6) is 0.278. The molecule has 0 aliphatic rings. The van der Waals surface area contributed by atoms with E-state index in [-0.39, 0.29) is 17.9 Å². The molecule has 0 radical (unpaired) electrons. The van der Waals surface area contributed by atoms with Gasteiger partial charge in [0.05, 0.1) is 19.9 Å². The molecule has 16 heavy (non-hydrogen) atoms. The number of anilines is 1. The number of nitrogens with one attached hydrogen (secondary N) is 1. The Hall–Kier alpha value is -1.12. The molecule has 1 rings (SSSR count). The second kappa shape index (κ2) is 5.83. The Morgan fingerprint density at radius 2 is 2.38 bits per heavy atom. The Bertz CT molecular complexity index is 432. The Balaban J connectivity index is 2.73. The van der Waals surface area contributed by atoms with E-state index in [9.17, 15) is 9.59 Å². The lowest BCUT2D eigenvalue weighted by Crippen LogP contribution is -2.26. The van der Waals surface area contributed by atoms with Crippen LogP contribution >= 0.6 is 22.6 Å². The molecule has 0 amide bonds. The summed E-state index contributed by atoms with van der Waals surface area (Å²) < 4.78 is 5.04. The third-order valence-electron chi connectivity index (χ3n) is 2.02. The zero-order valence-electron chi connectivity index (χ0n) is 8.99. The number of halogens is 1. The van der Waals surface area contributed by atoms with Crippen LogP contribution in [0.25, 0.3) is 0 Å². The minimum Gasteiger partial charge on any atom is -0.469 e. The number of rotatable bonds is 4. The predicted molar refractivity (Wildman–Crippen MR) is 67.5 cm³/mol. The van der Waals surface area contributed by atoms with Gasteiger partial charge in [-0.1, -0.05) is 0 Å². The summed E-state index contributed by atoms with van der Waals surface area (Å²) in [7, 11) is 3.12. The summed E-state index contributed by atoms with van der Waals surface area (Å²) in [6.45, 7) is 0.457. The predicted octanol–water partition coefficient (Wildman–Crippen LogP) is 0.374. The lowest BCUT2D eigenvalue weighted by Gasteiger charge is -2.17. The third-order valence-corrected chi connectivity index (χ3v) is 2.99. The molecule has 0 saturated carbocycles. The molecule has 0 aromatic carbocycles. The van der Waals surface area contributed by atoms with Crippen LogP contribution in [-0.4, -0.2) is 36.6 Å². The number of aromatic amines is 1. The van der Waals surface area contributed by atoms with E-state index >= 15 is 0 Å². The molecule has 1 aromatic rings. The number of ether oxygens (including phenoxy) is 1. The maximum atomic E-state index is 11.3. The van der Waals surface area contributed by atoms with Gasteiger partial charge in [-0.2, -0.15) is 0 Å². The number of nitrogens with zero attached hydrogens (tertiary/aromatic N) is 2. The first-order valence-corrected chi connectivity index (χ1v) is 5.65. The smallest absolute Gasteiger partial charge is 0.307 e. The van der Waals surface area contributed by atoms with Crippen molar-refractivity contribution in [3.8, 4) is 0 Å². The highest BCUT2D eigenvalue weighted by Gasteiger charge is 2.11. The Labute approximate surface area is 106 Å². The molecule has 0 bridgehead atoms. The van der Waals surface area contributed by atoms with Crippen molar-refractivity contribution in [2.75, 3.05) is 25.6 Å². The van der Waals surface area contributed by atoms with E-state index in [1.807, 2.05) is 22.6 Å². The van der Waals surface area contributed by atoms with Crippen molar-refractivity contribution >= 4 is 34.4 Å². The Kier molecular flexibility index (Phi) is 4.71. The quantitative estimate of drug-likeness (QED) is 0.635. The SMILES string of the molecule is COC(=O)CCN(C)c1nc[nH]c(=O)c1I. The second-order valence-electron chi connectivity index (χ2n) is 3.12. The van der Waals surface area contributed by atoms with Crippen molar-refractivity contribution in [3.05, 3.63) is 20.3 Å². The summed E-state index contributed by atoms with van der Waals surface area (Å²) in [4.78, 5) is 30.6. The van der Waals surface area contributed by atoms with E-state index in [1.165, 1.54) is 13.4 Å². The zero-order valence-corrected chi connectivity index (χ0v) is 11.1. The number of hydrogen-bond donors (Lipinski definition) is 1. The number of hydrogen-bond acceptors (Lipinski definition) is 5. The highest BCUT2D eigenvalue weighted by molar-refractivity contribution is 14.1. The normalized spacial score (nSPS) is 9.94. The second-order valence-corrected chi connectivity index (χ2v) is 4.20. The average Bonchev–Trinajstić information content (AvgIpc) is 2.29. The van der Waals surface area contributed by atoms with Crippen molar-refractivity contribution in [1.29, 1.82) is 0 Å². The monoisotopic (exact) mass is 337 g/mol. The van der Waals surface area contributed by atoms with Gasteiger partial charge in [-0.15, -0.1) is 0 Å². The summed E-state index contributed by atoms with van der Waals surface area (Å²) in [5.41, 5.74) is -0.185. The molecule has 0 saturated heterocycles. The lowest BCUT2D eigenvalue weighted by atomic mass is 10.4. The molecule has 1 heterocycles. The van der Waals surface area contributed by atoms with Crippen LogP contribution in [0.5, 0.6) is 0 Å². The fourth-order valence-corrected chi connectivity index (χ4v) is 1.81. The highest BCUT2D eigenvalue weighted by Crippen LogP contribution is 2.13. The Morgan fingerprint density at radius 3 is 3.00 bits per heavy atom. The molecule has 7 heteroatoms. The number of methoxy groups -OCH3 is 1. The van der Waals surface area contributed by atoms with Gasteiger partial charge < -0.3 is 14.6 Å². The highest BCUT2D eigenvalue weighted by atomic mass is 127. The lowest BCUT2D eigenvalue weighted by molar-refractivity contribution is -0.140. The molecule has 0 spiro atoms. The zero-order chi connectivity index (χ0) is 12.1. The fourth-order valence-electron chi connectivity index (χ4n) is 1.11. The topological polar surface area (TPSA) is 75.3 Å². The molecule has 1 aromatic heterocycles. The van der Waals surface area contributed by atoms with Crippen LogP contribution in [0, 0.1) is 3.57 Å². The molecular weight excluding hydrogens is 325 g/mol. The third kappa shape index (κ3) is 3.19. The van der Waals surface area contributed by atoms with Crippen molar-refractivity contribution < 1.29 is 9.53 Å². The van der Waals surface area contributed by atoms with E-state index in [1.54, 1.807) is 11.9 Å². The first kappa shape index (κ1) is 12.9. The summed E-state index contributed by atoms with van der Waals surface area (Å²) in [6.07, 6.45) is 1.60. The van der Waals surface area contributed by atoms with Crippen LogP contribution in [0.3, 0.4) is 0 Å². The van der Waals surface area contributed by atoms with Crippen LogP contribution in [0.15, 0.2) is 11.1 Å². The number of esters is 1. The average molecular weight is 337 g/mol. The van der Waals surface area contributed by atoms with Gasteiger partial charge in [0, 0.05) is 13.6 Å². The molecule has 1 N–H and O–H groups in total. The van der Waals surface area contributed by atoms with Crippen molar-refractivity contribution in [2.24, 2.45) is 0 Å². The van der Waals surface area contributed by atoms with Gasteiger partial charge in [0.25, 0.3) is 5.56 Å².